The molecule has 164 valence electrons. The van der Waals surface area contributed by atoms with E-state index in [1.807, 2.05) is 30.6 Å². The summed E-state index contributed by atoms with van der Waals surface area (Å²) in [6.45, 7) is 3.02. The fraction of sp³-hybridized carbons (Fsp3) is 0.320. The van der Waals surface area contributed by atoms with Gasteiger partial charge in [0.15, 0.2) is 0 Å². The van der Waals surface area contributed by atoms with Gasteiger partial charge in [-0.15, -0.1) is 0 Å². The van der Waals surface area contributed by atoms with E-state index in [-0.39, 0.29) is 17.6 Å². The fourth-order valence-corrected chi connectivity index (χ4v) is 4.56. The molecule has 2 aromatic heterocycles. The number of pyridine rings is 1. The molecule has 1 saturated heterocycles. The molecule has 1 aliphatic rings. The minimum absolute atomic E-state index is 0.0187. The summed E-state index contributed by atoms with van der Waals surface area (Å²) in [5.41, 5.74) is 3.89. The normalized spacial score (nSPS) is 14.8. The van der Waals surface area contributed by atoms with E-state index < -0.39 is 0 Å². The zero-order chi connectivity index (χ0) is 21.9. The molecular formula is C25H26FN5O. The minimum atomic E-state index is -0.260. The van der Waals surface area contributed by atoms with Crippen LogP contribution in [0.4, 0.5) is 10.1 Å². The van der Waals surface area contributed by atoms with Crippen molar-refractivity contribution in [2.24, 2.45) is 5.92 Å². The van der Waals surface area contributed by atoms with Gasteiger partial charge in [-0.2, -0.15) is 0 Å². The van der Waals surface area contributed by atoms with E-state index in [1.165, 1.54) is 6.07 Å². The average molecular weight is 432 g/mol. The number of halogens is 1. The highest BCUT2D eigenvalue weighted by atomic mass is 19.1. The molecule has 0 radical (unpaired) electrons. The second-order valence-electron chi connectivity index (χ2n) is 8.32. The van der Waals surface area contributed by atoms with E-state index in [4.69, 9.17) is 0 Å². The molecule has 1 fully saturated rings. The molecule has 0 atom stereocenters. The summed E-state index contributed by atoms with van der Waals surface area (Å²) in [6, 6.07) is 14.7. The van der Waals surface area contributed by atoms with E-state index in [9.17, 15) is 9.18 Å². The van der Waals surface area contributed by atoms with Crippen LogP contribution >= 0.6 is 0 Å². The van der Waals surface area contributed by atoms with Gasteiger partial charge in [0.2, 0.25) is 5.91 Å². The summed E-state index contributed by atoms with van der Waals surface area (Å²) in [4.78, 5) is 23.6. The quantitative estimate of drug-likeness (QED) is 0.466. The standard InChI is InChI=1S/C25H26FN5O/c26-19-6-7-21-20(16-19)23(8-12-27-21)30-14-9-18(10-15-30)25(32)28-11-3-13-31-17-29-22-4-1-2-5-24(22)31/h1-2,4-8,12,16-18H,3,9-11,13-15H2,(H,28,32). The number of rotatable bonds is 6. The molecule has 0 bridgehead atoms. The van der Waals surface area contributed by atoms with Gasteiger partial charge in [-0.05, 0) is 55.7 Å². The third kappa shape index (κ3) is 4.15. The van der Waals surface area contributed by atoms with Crippen LogP contribution < -0.4 is 10.2 Å². The van der Waals surface area contributed by atoms with E-state index in [0.29, 0.717) is 6.54 Å². The van der Waals surface area contributed by atoms with Crippen molar-refractivity contribution in [1.29, 1.82) is 0 Å². The predicted octanol–water partition coefficient (Wildman–Crippen LogP) is 4.15. The fourth-order valence-electron chi connectivity index (χ4n) is 4.56. The summed E-state index contributed by atoms with van der Waals surface area (Å²) in [7, 11) is 0. The van der Waals surface area contributed by atoms with Crippen LogP contribution in [-0.4, -0.2) is 40.1 Å². The van der Waals surface area contributed by atoms with Gasteiger partial charge in [0.1, 0.15) is 5.82 Å². The Kier molecular flexibility index (Phi) is 5.71. The Bertz CT molecular complexity index is 1250. The number of nitrogens with one attached hydrogen (secondary N) is 1. The lowest BCUT2D eigenvalue weighted by Crippen LogP contribution is -2.41. The number of piperidine rings is 1. The lowest BCUT2D eigenvalue weighted by molar-refractivity contribution is -0.125. The Morgan fingerprint density at radius 2 is 1.91 bits per heavy atom. The maximum atomic E-state index is 13.8. The molecule has 2 aromatic carbocycles. The Hall–Kier alpha value is -3.48. The largest absolute Gasteiger partial charge is 0.371 e. The van der Waals surface area contributed by atoms with Crippen LogP contribution in [0.3, 0.4) is 0 Å². The number of imidazole rings is 1. The summed E-state index contributed by atoms with van der Waals surface area (Å²) in [5, 5.41) is 3.93. The number of para-hydroxylation sites is 2. The maximum Gasteiger partial charge on any atom is 0.223 e. The molecule has 1 aliphatic heterocycles. The van der Waals surface area contributed by atoms with Gasteiger partial charge in [0.05, 0.1) is 22.9 Å². The molecule has 0 unspecified atom stereocenters. The number of carbonyl (C=O) groups is 1. The van der Waals surface area contributed by atoms with Gasteiger partial charge >= 0.3 is 0 Å². The van der Waals surface area contributed by atoms with Gasteiger partial charge in [-0.1, -0.05) is 12.1 Å². The van der Waals surface area contributed by atoms with Crippen molar-refractivity contribution >= 4 is 33.5 Å². The second kappa shape index (κ2) is 8.94. The van der Waals surface area contributed by atoms with Gasteiger partial charge in [0.25, 0.3) is 0 Å². The summed E-state index contributed by atoms with van der Waals surface area (Å²) >= 11 is 0. The van der Waals surface area contributed by atoms with Crippen LogP contribution in [0.1, 0.15) is 19.3 Å². The first-order valence-corrected chi connectivity index (χ1v) is 11.2. The lowest BCUT2D eigenvalue weighted by atomic mass is 9.95. The van der Waals surface area contributed by atoms with Crippen LogP contribution in [0.25, 0.3) is 21.9 Å². The number of fused-ring (bicyclic) bond motifs is 2. The van der Waals surface area contributed by atoms with Crippen molar-refractivity contribution in [3.05, 3.63) is 66.9 Å². The first-order valence-electron chi connectivity index (χ1n) is 11.2. The number of hydrogen-bond acceptors (Lipinski definition) is 4. The molecule has 32 heavy (non-hydrogen) atoms. The number of hydrogen-bond donors (Lipinski definition) is 1. The van der Waals surface area contributed by atoms with Crippen molar-refractivity contribution in [1.82, 2.24) is 19.9 Å². The van der Waals surface area contributed by atoms with Crippen LogP contribution in [-0.2, 0) is 11.3 Å². The molecule has 1 N–H and O–H groups in total. The molecule has 7 heteroatoms. The predicted molar refractivity (Wildman–Crippen MR) is 124 cm³/mol. The lowest BCUT2D eigenvalue weighted by Gasteiger charge is -2.33. The number of amides is 1. The number of anilines is 1. The number of nitrogens with zero attached hydrogens (tertiary/aromatic N) is 4. The monoisotopic (exact) mass is 431 g/mol. The third-order valence-electron chi connectivity index (χ3n) is 6.29. The molecule has 1 amide bonds. The zero-order valence-corrected chi connectivity index (χ0v) is 17.9. The van der Waals surface area contributed by atoms with Crippen molar-refractivity contribution in [3.63, 3.8) is 0 Å². The molecule has 6 nitrogen and oxygen atoms in total. The first kappa shape index (κ1) is 20.4. The van der Waals surface area contributed by atoms with Crippen molar-refractivity contribution in [3.8, 4) is 0 Å². The molecule has 4 aromatic rings. The van der Waals surface area contributed by atoms with Gasteiger partial charge in [0, 0.05) is 49.4 Å². The van der Waals surface area contributed by atoms with E-state index in [1.54, 1.807) is 18.3 Å². The van der Waals surface area contributed by atoms with Crippen LogP contribution in [0.2, 0.25) is 0 Å². The Balaban J connectivity index is 1.12. The Morgan fingerprint density at radius 3 is 2.78 bits per heavy atom. The highest BCUT2D eigenvalue weighted by Crippen LogP contribution is 2.29. The summed E-state index contributed by atoms with van der Waals surface area (Å²) in [6.07, 6.45) is 6.06. The van der Waals surface area contributed by atoms with Crippen molar-refractivity contribution < 1.29 is 9.18 Å². The number of aryl methyl sites for hydroxylation is 1. The Morgan fingerprint density at radius 1 is 1.06 bits per heavy atom. The molecule has 0 saturated carbocycles. The highest BCUT2D eigenvalue weighted by Gasteiger charge is 2.25. The maximum absolute atomic E-state index is 13.8. The second-order valence-corrected chi connectivity index (χ2v) is 8.32. The highest BCUT2D eigenvalue weighted by molar-refractivity contribution is 5.91. The summed E-state index contributed by atoms with van der Waals surface area (Å²) < 4.78 is 15.9. The SMILES string of the molecule is O=C(NCCCn1cnc2ccccc21)C1CCN(c2ccnc3ccc(F)cc23)CC1. The van der Waals surface area contributed by atoms with Crippen molar-refractivity contribution in [2.45, 2.75) is 25.8 Å². The minimum Gasteiger partial charge on any atom is -0.371 e. The Labute approximate surface area is 186 Å². The van der Waals surface area contributed by atoms with Gasteiger partial charge in [-0.3, -0.25) is 9.78 Å². The number of carbonyl (C=O) groups excluding carboxylic acids is 1. The van der Waals surface area contributed by atoms with E-state index >= 15 is 0 Å². The number of benzene rings is 2. The molecule has 5 rings (SSSR count). The number of aromatic nitrogens is 3. The van der Waals surface area contributed by atoms with Gasteiger partial charge < -0.3 is 14.8 Å². The first-order chi connectivity index (χ1) is 15.7. The molecular weight excluding hydrogens is 405 g/mol. The third-order valence-corrected chi connectivity index (χ3v) is 6.29. The van der Waals surface area contributed by atoms with Crippen LogP contribution in [0, 0.1) is 11.7 Å². The van der Waals surface area contributed by atoms with Crippen LogP contribution in [0.15, 0.2) is 61.1 Å². The molecule has 0 aliphatic carbocycles. The summed E-state index contributed by atoms with van der Waals surface area (Å²) in [5.74, 6) is -0.111. The smallest absolute Gasteiger partial charge is 0.223 e. The van der Waals surface area contributed by atoms with E-state index in [0.717, 1.165) is 66.5 Å². The molecule has 0 spiro atoms. The topological polar surface area (TPSA) is 63.1 Å². The average Bonchev–Trinajstić information content (AvgIpc) is 3.24. The molecule has 3 heterocycles. The van der Waals surface area contributed by atoms with E-state index in [2.05, 4.69) is 30.8 Å². The van der Waals surface area contributed by atoms with Crippen LogP contribution in [0.5, 0.6) is 0 Å². The van der Waals surface area contributed by atoms with Gasteiger partial charge in [-0.25, -0.2) is 9.37 Å². The zero-order valence-electron chi connectivity index (χ0n) is 17.9. The van der Waals surface area contributed by atoms with Crippen molar-refractivity contribution in [2.75, 3.05) is 24.5 Å².